The van der Waals surface area contributed by atoms with E-state index in [9.17, 15) is 0 Å². The molecule has 2 rings (SSSR count). The second-order valence-corrected chi connectivity index (χ2v) is 8.11. The van der Waals surface area contributed by atoms with E-state index in [-0.39, 0.29) is 0 Å². The maximum atomic E-state index is 6.28. The minimum absolute atomic E-state index is 0.448. The van der Waals surface area contributed by atoms with Gasteiger partial charge in [0, 0.05) is 10.5 Å². The van der Waals surface area contributed by atoms with Crippen LogP contribution in [0.2, 0.25) is 10.0 Å². The van der Waals surface area contributed by atoms with Crippen molar-refractivity contribution in [1.29, 1.82) is 0 Å². The van der Waals surface area contributed by atoms with Crippen molar-refractivity contribution in [3.05, 3.63) is 26.7 Å². The summed E-state index contributed by atoms with van der Waals surface area (Å²) >= 11 is 16.0. The Morgan fingerprint density at radius 2 is 1.84 bits per heavy atom. The van der Waals surface area contributed by atoms with Crippen molar-refractivity contribution in [3.8, 4) is 0 Å². The van der Waals surface area contributed by atoms with Gasteiger partial charge in [-0.05, 0) is 42.7 Å². The van der Waals surface area contributed by atoms with Gasteiger partial charge in [0.2, 0.25) is 0 Å². The molecule has 1 aromatic carbocycles. The van der Waals surface area contributed by atoms with Gasteiger partial charge in [0.15, 0.2) is 0 Å². The standard InChI is InChI=1S/C15H20BrCl2N/c1-9-8-15(2,3)5-4-13(9)19-14-11(17)6-10(16)7-12(14)18/h6-7,9,13,19H,4-5,8H2,1-3H3. The molecule has 0 amide bonds. The van der Waals surface area contributed by atoms with Gasteiger partial charge in [-0.2, -0.15) is 0 Å². The molecular formula is C15H20BrCl2N. The van der Waals surface area contributed by atoms with Gasteiger partial charge in [-0.3, -0.25) is 0 Å². The van der Waals surface area contributed by atoms with Crippen molar-refractivity contribution in [2.75, 3.05) is 5.32 Å². The highest BCUT2D eigenvalue weighted by Gasteiger charge is 2.32. The predicted molar refractivity (Wildman–Crippen MR) is 88.4 cm³/mol. The largest absolute Gasteiger partial charge is 0.380 e. The monoisotopic (exact) mass is 363 g/mol. The predicted octanol–water partition coefficient (Wildman–Crippen LogP) is 6.38. The van der Waals surface area contributed by atoms with Gasteiger partial charge in [0.1, 0.15) is 0 Å². The second-order valence-electron chi connectivity index (χ2n) is 6.38. The van der Waals surface area contributed by atoms with Crippen molar-refractivity contribution in [2.45, 2.75) is 46.1 Å². The van der Waals surface area contributed by atoms with E-state index in [0.29, 0.717) is 27.4 Å². The number of halogens is 3. The molecule has 1 saturated carbocycles. The summed E-state index contributed by atoms with van der Waals surface area (Å²) in [4.78, 5) is 0. The maximum Gasteiger partial charge on any atom is 0.0721 e. The zero-order valence-electron chi connectivity index (χ0n) is 11.6. The van der Waals surface area contributed by atoms with Crippen molar-refractivity contribution in [2.24, 2.45) is 11.3 Å². The van der Waals surface area contributed by atoms with Crippen LogP contribution in [0.15, 0.2) is 16.6 Å². The van der Waals surface area contributed by atoms with Crippen LogP contribution >= 0.6 is 39.1 Å². The molecule has 0 aromatic heterocycles. The van der Waals surface area contributed by atoms with E-state index in [0.717, 1.165) is 16.6 Å². The first-order valence-electron chi connectivity index (χ1n) is 6.69. The van der Waals surface area contributed by atoms with Crippen molar-refractivity contribution in [3.63, 3.8) is 0 Å². The molecule has 1 nitrogen and oxygen atoms in total. The number of rotatable bonds is 2. The van der Waals surface area contributed by atoms with E-state index in [4.69, 9.17) is 23.2 Å². The highest BCUT2D eigenvalue weighted by atomic mass is 79.9. The smallest absolute Gasteiger partial charge is 0.0721 e. The average molecular weight is 365 g/mol. The minimum atomic E-state index is 0.448. The SMILES string of the molecule is CC1CC(C)(C)CCC1Nc1c(Cl)cc(Br)cc1Cl. The third-order valence-corrected chi connectivity index (χ3v) is 5.08. The lowest BCUT2D eigenvalue weighted by Gasteiger charge is -2.40. The molecule has 2 atom stereocenters. The Balaban J connectivity index is 2.14. The quantitative estimate of drug-likeness (QED) is 0.641. The van der Waals surface area contributed by atoms with Gasteiger partial charge < -0.3 is 5.32 Å². The average Bonchev–Trinajstić information content (AvgIpc) is 2.24. The summed E-state index contributed by atoms with van der Waals surface area (Å²) in [6.45, 7) is 7.00. The van der Waals surface area contributed by atoms with Crippen LogP contribution in [0.4, 0.5) is 5.69 Å². The molecule has 0 heterocycles. The molecule has 0 saturated heterocycles. The number of hydrogen-bond donors (Lipinski definition) is 1. The molecule has 19 heavy (non-hydrogen) atoms. The van der Waals surface area contributed by atoms with Gasteiger partial charge in [0.25, 0.3) is 0 Å². The summed E-state index contributed by atoms with van der Waals surface area (Å²) in [6.07, 6.45) is 3.63. The Kier molecular flexibility index (Phi) is 4.75. The van der Waals surface area contributed by atoms with Gasteiger partial charge in [0.05, 0.1) is 15.7 Å². The van der Waals surface area contributed by atoms with Crippen LogP contribution < -0.4 is 5.32 Å². The Hall–Kier alpha value is 0.0800. The first-order chi connectivity index (χ1) is 8.78. The van der Waals surface area contributed by atoms with Gasteiger partial charge in [-0.1, -0.05) is 59.9 Å². The Bertz CT molecular complexity index is 450. The molecule has 1 aliphatic carbocycles. The number of benzene rings is 1. The molecule has 1 N–H and O–H groups in total. The Morgan fingerprint density at radius 3 is 2.37 bits per heavy atom. The first kappa shape index (κ1) is 15.5. The first-order valence-corrected chi connectivity index (χ1v) is 8.24. The zero-order chi connectivity index (χ0) is 14.2. The summed E-state index contributed by atoms with van der Waals surface area (Å²) in [7, 11) is 0. The molecule has 0 spiro atoms. The summed E-state index contributed by atoms with van der Waals surface area (Å²) in [5.41, 5.74) is 1.31. The van der Waals surface area contributed by atoms with E-state index in [2.05, 4.69) is 42.0 Å². The van der Waals surface area contributed by atoms with Crippen molar-refractivity contribution < 1.29 is 0 Å². The fourth-order valence-electron chi connectivity index (χ4n) is 3.03. The van der Waals surface area contributed by atoms with Gasteiger partial charge in [-0.25, -0.2) is 0 Å². The van der Waals surface area contributed by atoms with E-state index < -0.39 is 0 Å². The Morgan fingerprint density at radius 1 is 1.26 bits per heavy atom. The van der Waals surface area contributed by atoms with E-state index in [1.165, 1.54) is 12.8 Å². The molecule has 2 unspecified atom stereocenters. The van der Waals surface area contributed by atoms with Crippen LogP contribution in [0, 0.1) is 11.3 Å². The summed E-state index contributed by atoms with van der Waals surface area (Å²) in [5.74, 6) is 0.625. The fourth-order valence-corrected chi connectivity index (χ4v) is 4.34. The third kappa shape index (κ3) is 3.80. The minimum Gasteiger partial charge on any atom is -0.380 e. The molecule has 0 radical (unpaired) electrons. The third-order valence-electron chi connectivity index (χ3n) is 4.03. The van der Waals surface area contributed by atoms with Gasteiger partial charge >= 0.3 is 0 Å². The van der Waals surface area contributed by atoms with E-state index in [1.54, 1.807) is 0 Å². The molecule has 4 heteroatoms. The lowest BCUT2D eigenvalue weighted by Crippen LogP contribution is -2.37. The zero-order valence-corrected chi connectivity index (χ0v) is 14.7. The molecule has 1 aromatic rings. The topological polar surface area (TPSA) is 12.0 Å². The maximum absolute atomic E-state index is 6.28. The Labute approximate surface area is 134 Å². The lowest BCUT2D eigenvalue weighted by atomic mass is 9.70. The van der Waals surface area contributed by atoms with Crippen LogP contribution in [0.25, 0.3) is 0 Å². The normalized spacial score (nSPS) is 26.2. The molecule has 0 bridgehead atoms. The molecule has 0 aliphatic heterocycles. The van der Waals surface area contributed by atoms with Crippen molar-refractivity contribution in [1.82, 2.24) is 0 Å². The van der Waals surface area contributed by atoms with Crippen LogP contribution in [0.3, 0.4) is 0 Å². The van der Waals surface area contributed by atoms with E-state index >= 15 is 0 Å². The van der Waals surface area contributed by atoms with Crippen LogP contribution in [-0.2, 0) is 0 Å². The second kappa shape index (κ2) is 5.83. The van der Waals surface area contributed by atoms with Crippen LogP contribution in [0.1, 0.15) is 40.0 Å². The molecule has 106 valence electrons. The highest BCUT2D eigenvalue weighted by Crippen LogP contribution is 2.41. The number of hydrogen-bond acceptors (Lipinski definition) is 1. The van der Waals surface area contributed by atoms with Crippen LogP contribution in [0.5, 0.6) is 0 Å². The van der Waals surface area contributed by atoms with E-state index in [1.807, 2.05) is 12.1 Å². The molecule has 1 aliphatic rings. The highest BCUT2D eigenvalue weighted by molar-refractivity contribution is 9.10. The summed E-state index contributed by atoms with van der Waals surface area (Å²) in [5, 5.41) is 4.90. The summed E-state index contributed by atoms with van der Waals surface area (Å²) in [6, 6.07) is 4.21. The van der Waals surface area contributed by atoms with Crippen LogP contribution in [-0.4, -0.2) is 6.04 Å². The molecule has 1 fully saturated rings. The number of nitrogens with one attached hydrogen (secondary N) is 1. The fraction of sp³-hybridized carbons (Fsp3) is 0.600. The van der Waals surface area contributed by atoms with Crippen molar-refractivity contribution >= 4 is 44.8 Å². The number of anilines is 1. The molecular weight excluding hydrogens is 345 g/mol. The van der Waals surface area contributed by atoms with Gasteiger partial charge in [-0.15, -0.1) is 0 Å². The lowest BCUT2D eigenvalue weighted by molar-refractivity contribution is 0.177. The summed E-state index contributed by atoms with van der Waals surface area (Å²) < 4.78 is 0.908.